The number of amides is 1. The van der Waals surface area contributed by atoms with E-state index >= 15 is 0 Å². The van der Waals surface area contributed by atoms with Gasteiger partial charge in [0.2, 0.25) is 5.82 Å². The summed E-state index contributed by atoms with van der Waals surface area (Å²) >= 11 is 3.30. The molecule has 6 nitrogen and oxygen atoms in total. The molecular weight excluding hydrogens is 537 g/mol. The van der Waals surface area contributed by atoms with Gasteiger partial charge in [-0.15, -0.1) is 0 Å². The lowest BCUT2D eigenvalue weighted by Crippen LogP contribution is -2.30. The van der Waals surface area contributed by atoms with Gasteiger partial charge in [-0.1, -0.05) is 40.2 Å². The van der Waals surface area contributed by atoms with Crippen LogP contribution in [-0.2, 0) is 19.1 Å². The maximum absolute atomic E-state index is 13.9. The zero-order chi connectivity index (χ0) is 25.4. The number of benzene rings is 3. The fraction of sp³-hybridized carbons (Fsp3) is 0.115. The Morgan fingerprint density at radius 3 is 2.61 bits per heavy atom. The van der Waals surface area contributed by atoms with Crippen molar-refractivity contribution in [1.29, 1.82) is 0 Å². The van der Waals surface area contributed by atoms with Crippen LogP contribution < -0.4 is 10.9 Å². The van der Waals surface area contributed by atoms with Crippen molar-refractivity contribution in [2.75, 3.05) is 5.32 Å². The lowest BCUT2D eigenvalue weighted by atomic mass is 10.1. The maximum Gasteiger partial charge on any atom is 0.449 e. The van der Waals surface area contributed by atoms with Gasteiger partial charge in [0, 0.05) is 39.4 Å². The number of carbonyl (C=O) groups is 1. The number of hydrogen-bond donors (Lipinski definition) is 2. The van der Waals surface area contributed by atoms with Crippen molar-refractivity contribution >= 4 is 49.3 Å². The van der Waals surface area contributed by atoms with Crippen LogP contribution in [0.25, 0.3) is 21.8 Å². The quantitative estimate of drug-likeness (QED) is 0.273. The summed E-state index contributed by atoms with van der Waals surface area (Å²) in [6.07, 6.45) is -2.90. The van der Waals surface area contributed by atoms with Gasteiger partial charge in [0.25, 0.3) is 11.5 Å². The number of rotatable bonds is 5. The fourth-order valence-electron chi connectivity index (χ4n) is 4.13. The summed E-state index contributed by atoms with van der Waals surface area (Å²) in [5.74, 6) is -1.68. The zero-order valence-electron chi connectivity index (χ0n) is 18.6. The third-order valence-corrected chi connectivity index (χ3v) is 6.33. The second-order valence-electron chi connectivity index (χ2n) is 8.20. The molecule has 0 unspecified atom stereocenters. The van der Waals surface area contributed by atoms with Crippen molar-refractivity contribution in [3.05, 3.63) is 105 Å². The first-order chi connectivity index (χ1) is 17.2. The molecule has 0 spiro atoms. The molecule has 0 aliphatic rings. The topological polar surface area (TPSA) is 79.8 Å². The minimum Gasteiger partial charge on any atom is -0.361 e. The molecule has 0 aliphatic carbocycles. The zero-order valence-corrected chi connectivity index (χ0v) is 20.2. The Kier molecular flexibility index (Phi) is 6.13. The lowest BCUT2D eigenvalue weighted by molar-refractivity contribution is -0.148. The van der Waals surface area contributed by atoms with Crippen LogP contribution in [0.15, 0.2) is 82.2 Å². The summed E-state index contributed by atoms with van der Waals surface area (Å²) in [6, 6.07) is 18.2. The van der Waals surface area contributed by atoms with Gasteiger partial charge >= 0.3 is 6.18 Å². The number of nitrogens with one attached hydrogen (secondary N) is 2. The van der Waals surface area contributed by atoms with Crippen molar-refractivity contribution in [3.8, 4) is 0 Å². The number of fused-ring (bicyclic) bond motifs is 2. The van der Waals surface area contributed by atoms with Gasteiger partial charge in [-0.3, -0.25) is 14.2 Å². The van der Waals surface area contributed by atoms with Gasteiger partial charge in [-0.2, -0.15) is 13.2 Å². The van der Waals surface area contributed by atoms with E-state index in [1.54, 1.807) is 30.5 Å². The molecule has 0 aliphatic heterocycles. The molecule has 0 radical (unpaired) electrons. The summed E-state index contributed by atoms with van der Waals surface area (Å²) in [7, 11) is 0. The van der Waals surface area contributed by atoms with E-state index in [4.69, 9.17) is 0 Å². The molecule has 2 aromatic heterocycles. The van der Waals surface area contributed by atoms with Crippen LogP contribution in [0.1, 0.15) is 21.7 Å². The van der Waals surface area contributed by atoms with Crippen molar-refractivity contribution in [3.63, 3.8) is 0 Å². The van der Waals surface area contributed by atoms with Crippen molar-refractivity contribution in [2.24, 2.45) is 0 Å². The van der Waals surface area contributed by atoms with Crippen LogP contribution in [0, 0.1) is 0 Å². The third kappa shape index (κ3) is 4.64. The fourth-order valence-corrected chi connectivity index (χ4v) is 4.53. The number of carbonyl (C=O) groups excluding carboxylic acids is 1. The van der Waals surface area contributed by atoms with E-state index in [-0.39, 0.29) is 29.6 Å². The number of halogens is 4. The van der Waals surface area contributed by atoms with Crippen LogP contribution in [0.5, 0.6) is 0 Å². The predicted molar refractivity (Wildman–Crippen MR) is 135 cm³/mol. The molecule has 5 rings (SSSR count). The molecule has 36 heavy (non-hydrogen) atoms. The summed E-state index contributed by atoms with van der Waals surface area (Å²) in [4.78, 5) is 32.7. The van der Waals surface area contributed by atoms with Gasteiger partial charge in [0.1, 0.15) is 0 Å². The van der Waals surface area contributed by atoms with E-state index in [0.29, 0.717) is 10.1 Å². The average molecular weight is 555 g/mol. The van der Waals surface area contributed by atoms with Gasteiger partial charge in [-0.25, -0.2) is 4.98 Å². The van der Waals surface area contributed by atoms with Gasteiger partial charge in [0.15, 0.2) is 0 Å². The van der Waals surface area contributed by atoms with Gasteiger partial charge < -0.3 is 10.3 Å². The number of aromatic amines is 1. The van der Waals surface area contributed by atoms with Crippen LogP contribution in [0.3, 0.4) is 0 Å². The minimum atomic E-state index is -4.82. The molecule has 0 saturated carbocycles. The summed E-state index contributed by atoms with van der Waals surface area (Å²) in [5.41, 5.74) is 1.38. The highest BCUT2D eigenvalue weighted by Crippen LogP contribution is 2.29. The van der Waals surface area contributed by atoms with Crippen molar-refractivity contribution in [1.82, 2.24) is 14.5 Å². The summed E-state index contributed by atoms with van der Waals surface area (Å²) in [6.45, 7) is -0.215. The van der Waals surface area contributed by atoms with E-state index in [0.717, 1.165) is 20.9 Å². The van der Waals surface area contributed by atoms with E-state index in [1.807, 2.05) is 24.3 Å². The second kappa shape index (κ2) is 9.27. The number of para-hydroxylation sites is 1. The number of hydrogen-bond acceptors (Lipinski definition) is 3. The Morgan fingerprint density at radius 2 is 1.83 bits per heavy atom. The number of aryl methyl sites for hydroxylation is 1. The number of alkyl halides is 3. The number of H-pyrrole nitrogens is 1. The molecule has 0 bridgehead atoms. The van der Waals surface area contributed by atoms with E-state index < -0.39 is 23.5 Å². The lowest BCUT2D eigenvalue weighted by Gasteiger charge is -2.16. The Hall–Kier alpha value is -3.92. The average Bonchev–Trinajstić information content (AvgIpc) is 3.26. The molecule has 2 N–H and O–H groups in total. The van der Waals surface area contributed by atoms with Crippen LogP contribution >= 0.6 is 15.9 Å². The van der Waals surface area contributed by atoms with Gasteiger partial charge in [0.05, 0.1) is 10.9 Å². The van der Waals surface area contributed by atoms with Crippen LogP contribution in [0.2, 0.25) is 0 Å². The summed E-state index contributed by atoms with van der Waals surface area (Å²) < 4.78 is 42.9. The van der Waals surface area contributed by atoms with E-state index in [9.17, 15) is 22.8 Å². The molecule has 182 valence electrons. The molecule has 0 atom stereocenters. The number of aromatic nitrogens is 3. The molecular formula is C26H18BrF3N4O2. The van der Waals surface area contributed by atoms with Gasteiger partial charge in [-0.05, 0) is 54.4 Å². The highest BCUT2D eigenvalue weighted by atomic mass is 79.9. The first-order valence-electron chi connectivity index (χ1n) is 10.9. The molecule has 5 aromatic rings. The smallest absolute Gasteiger partial charge is 0.361 e. The Bertz CT molecular complexity index is 1670. The van der Waals surface area contributed by atoms with Crippen molar-refractivity contribution < 1.29 is 18.0 Å². The summed E-state index contributed by atoms with van der Waals surface area (Å²) in [5, 5.41) is 3.54. The molecule has 10 heteroatoms. The maximum atomic E-state index is 13.9. The first-order valence-corrected chi connectivity index (χ1v) is 11.7. The molecule has 0 saturated heterocycles. The number of nitrogens with zero attached hydrogens (tertiary/aromatic N) is 2. The minimum absolute atomic E-state index is 0.0195. The number of anilines is 1. The molecule has 2 heterocycles. The SMILES string of the molecule is O=C(Nc1ccc2nc(C(F)(F)F)n(CCc3c[nH]c4ccccc34)c(=O)c2c1)c1cccc(Br)c1. The first kappa shape index (κ1) is 23.8. The van der Waals surface area contributed by atoms with E-state index in [2.05, 4.69) is 31.2 Å². The van der Waals surface area contributed by atoms with Crippen LogP contribution in [-0.4, -0.2) is 20.4 Å². The third-order valence-electron chi connectivity index (χ3n) is 5.83. The van der Waals surface area contributed by atoms with Crippen molar-refractivity contribution in [2.45, 2.75) is 19.1 Å². The highest BCUT2D eigenvalue weighted by molar-refractivity contribution is 9.10. The largest absolute Gasteiger partial charge is 0.449 e. The molecule has 1 amide bonds. The highest BCUT2D eigenvalue weighted by Gasteiger charge is 2.37. The van der Waals surface area contributed by atoms with E-state index in [1.165, 1.54) is 18.2 Å². The van der Waals surface area contributed by atoms with Crippen LogP contribution in [0.4, 0.5) is 18.9 Å². The molecule has 3 aromatic carbocycles. The standard InChI is InChI=1S/C26H18BrF3N4O2/c27-17-5-3-4-15(12-17)23(35)32-18-8-9-22-20(13-18)24(36)34(25(33-22)26(28,29)30)11-10-16-14-31-21-7-2-1-6-19(16)21/h1-9,12-14,31H,10-11H2,(H,32,35). The monoisotopic (exact) mass is 554 g/mol. The normalized spacial score (nSPS) is 11.8. The predicted octanol–water partition coefficient (Wildman–Crippen LogP) is 6.15. The molecule has 0 fully saturated rings. The Labute approximate surface area is 210 Å². The Morgan fingerprint density at radius 1 is 1.03 bits per heavy atom. The second-order valence-corrected chi connectivity index (χ2v) is 9.11. The Balaban J connectivity index is 1.52.